The molecule has 0 radical (unpaired) electrons. The van der Waals surface area contributed by atoms with Crippen LogP contribution in [-0.2, 0) is 26.5 Å². The SMILES string of the molecule is COC(=O)c1ccc(C(=O)OC)c(S(=O)(=O)Nc2ccc(-c3nncn3C)cc2)c1. The molecule has 1 aromatic heterocycles. The van der Waals surface area contributed by atoms with Crippen LogP contribution in [0, 0.1) is 0 Å². The number of nitrogens with zero attached hydrogens (tertiary/aromatic N) is 3. The first-order chi connectivity index (χ1) is 14.3. The summed E-state index contributed by atoms with van der Waals surface area (Å²) in [5.74, 6) is -0.983. The zero-order valence-electron chi connectivity index (χ0n) is 16.3. The second-order valence-corrected chi connectivity index (χ2v) is 7.79. The van der Waals surface area contributed by atoms with Crippen molar-refractivity contribution in [2.75, 3.05) is 18.9 Å². The Kier molecular flexibility index (Phi) is 5.83. The fraction of sp³-hybridized carbons (Fsp3) is 0.158. The molecule has 0 aliphatic carbocycles. The molecule has 0 aliphatic heterocycles. The maximum absolute atomic E-state index is 13.0. The van der Waals surface area contributed by atoms with Gasteiger partial charge in [-0.15, -0.1) is 10.2 Å². The molecule has 30 heavy (non-hydrogen) atoms. The maximum atomic E-state index is 13.0. The molecule has 3 aromatic rings. The second kappa shape index (κ2) is 8.33. The van der Waals surface area contributed by atoms with Crippen LogP contribution in [0.4, 0.5) is 5.69 Å². The quantitative estimate of drug-likeness (QED) is 0.587. The average molecular weight is 430 g/mol. The smallest absolute Gasteiger partial charge is 0.339 e. The van der Waals surface area contributed by atoms with Crippen LogP contribution in [0.5, 0.6) is 0 Å². The molecule has 10 nitrogen and oxygen atoms in total. The first-order valence-electron chi connectivity index (χ1n) is 8.54. The van der Waals surface area contributed by atoms with Crippen molar-refractivity contribution in [2.24, 2.45) is 7.05 Å². The Balaban J connectivity index is 1.97. The molecular weight excluding hydrogens is 412 g/mol. The van der Waals surface area contributed by atoms with Crippen molar-refractivity contribution >= 4 is 27.6 Å². The number of sulfonamides is 1. The van der Waals surface area contributed by atoms with Gasteiger partial charge in [0.05, 0.1) is 25.3 Å². The number of hydrogen-bond acceptors (Lipinski definition) is 8. The largest absolute Gasteiger partial charge is 0.465 e. The van der Waals surface area contributed by atoms with Crippen LogP contribution < -0.4 is 4.72 Å². The van der Waals surface area contributed by atoms with Crippen molar-refractivity contribution in [3.8, 4) is 11.4 Å². The molecule has 0 spiro atoms. The lowest BCUT2D eigenvalue weighted by Crippen LogP contribution is -2.18. The van der Waals surface area contributed by atoms with Crippen molar-refractivity contribution in [3.63, 3.8) is 0 Å². The van der Waals surface area contributed by atoms with Gasteiger partial charge in [-0.2, -0.15) is 0 Å². The van der Waals surface area contributed by atoms with E-state index in [2.05, 4.69) is 24.4 Å². The molecular formula is C19H18N4O6S. The first-order valence-corrected chi connectivity index (χ1v) is 10.0. The minimum Gasteiger partial charge on any atom is -0.465 e. The Morgan fingerprint density at radius 2 is 1.67 bits per heavy atom. The Bertz CT molecular complexity index is 1200. The molecule has 0 amide bonds. The van der Waals surface area contributed by atoms with Crippen LogP contribution in [0.1, 0.15) is 20.7 Å². The number of aromatic nitrogens is 3. The normalized spacial score (nSPS) is 11.0. The molecule has 3 rings (SSSR count). The molecule has 0 unspecified atom stereocenters. The van der Waals surface area contributed by atoms with Gasteiger partial charge in [0.1, 0.15) is 11.2 Å². The molecule has 0 saturated carbocycles. The lowest BCUT2D eigenvalue weighted by Gasteiger charge is -2.13. The summed E-state index contributed by atoms with van der Waals surface area (Å²) in [4.78, 5) is 23.5. The van der Waals surface area contributed by atoms with E-state index >= 15 is 0 Å². The van der Waals surface area contributed by atoms with Gasteiger partial charge in [0.25, 0.3) is 10.0 Å². The topological polar surface area (TPSA) is 129 Å². The molecule has 2 aromatic carbocycles. The molecule has 0 fully saturated rings. The van der Waals surface area contributed by atoms with Crippen molar-refractivity contribution in [3.05, 3.63) is 59.9 Å². The number of esters is 2. The number of hydrogen-bond donors (Lipinski definition) is 1. The minimum absolute atomic E-state index is 0.0249. The van der Waals surface area contributed by atoms with Crippen molar-refractivity contribution in [2.45, 2.75) is 4.90 Å². The highest BCUT2D eigenvalue weighted by Crippen LogP contribution is 2.24. The van der Waals surface area contributed by atoms with Crippen LogP contribution >= 0.6 is 0 Å². The molecule has 0 aliphatic rings. The number of anilines is 1. The van der Waals surface area contributed by atoms with E-state index < -0.39 is 26.9 Å². The maximum Gasteiger partial charge on any atom is 0.339 e. The molecule has 1 N–H and O–H groups in total. The predicted molar refractivity (Wildman–Crippen MR) is 106 cm³/mol. The fourth-order valence-corrected chi connectivity index (χ4v) is 3.99. The van der Waals surface area contributed by atoms with Gasteiger partial charge in [0.2, 0.25) is 0 Å². The highest BCUT2D eigenvalue weighted by atomic mass is 32.2. The number of ether oxygens (including phenoxy) is 2. The van der Waals surface area contributed by atoms with Crippen molar-refractivity contribution in [1.82, 2.24) is 14.8 Å². The van der Waals surface area contributed by atoms with Crippen molar-refractivity contribution in [1.29, 1.82) is 0 Å². The minimum atomic E-state index is -4.23. The Hall–Kier alpha value is -3.73. The summed E-state index contributed by atoms with van der Waals surface area (Å²) < 4.78 is 39.3. The number of benzene rings is 2. The van der Waals surface area contributed by atoms with E-state index in [9.17, 15) is 18.0 Å². The predicted octanol–water partition coefficient (Wildman–Crippen LogP) is 1.86. The Labute approximate surface area is 172 Å². The highest BCUT2D eigenvalue weighted by molar-refractivity contribution is 7.92. The number of carbonyl (C=O) groups is 2. The summed E-state index contributed by atoms with van der Waals surface area (Å²) in [5, 5.41) is 7.79. The molecule has 11 heteroatoms. The third-order valence-electron chi connectivity index (χ3n) is 4.20. The number of carbonyl (C=O) groups excluding carboxylic acids is 2. The van der Waals surface area contributed by atoms with Gasteiger partial charge < -0.3 is 14.0 Å². The fourth-order valence-electron chi connectivity index (χ4n) is 2.71. The van der Waals surface area contributed by atoms with Crippen LogP contribution in [0.25, 0.3) is 11.4 Å². The van der Waals surface area contributed by atoms with Crippen LogP contribution in [0.3, 0.4) is 0 Å². The summed E-state index contributed by atoms with van der Waals surface area (Å²) >= 11 is 0. The summed E-state index contributed by atoms with van der Waals surface area (Å²) in [5.41, 5.74) is 0.748. The summed E-state index contributed by atoms with van der Waals surface area (Å²) in [7, 11) is -0.145. The zero-order valence-corrected chi connectivity index (χ0v) is 17.1. The van der Waals surface area contributed by atoms with Crippen LogP contribution in [0.2, 0.25) is 0 Å². The van der Waals surface area contributed by atoms with Crippen LogP contribution in [0.15, 0.2) is 53.7 Å². The standard InChI is InChI=1S/C19H18N4O6S/c1-23-11-20-21-17(23)12-4-7-14(8-5-12)22-30(26,27)16-10-13(18(24)28-2)6-9-15(16)19(25)29-3/h4-11,22H,1-3H3. The third-order valence-corrected chi connectivity index (χ3v) is 5.63. The molecule has 0 saturated heterocycles. The van der Waals surface area contributed by atoms with Gasteiger partial charge in [0, 0.05) is 18.3 Å². The average Bonchev–Trinajstić information content (AvgIpc) is 3.18. The van der Waals surface area contributed by atoms with E-state index in [4.69, 9.17) is 0 Å². The van der Waals surface area contributed by atoms with Gasteiger partial charge in [-0.3, -0.25) is 4.72 Å². The molecule has 0 atom stereocenters. The second-order valence-electron chi connectivity index (χ2n) is 6.14. The van der Waals surface area contributed by atoms with Crippen LogP contribution in [-0.4, -0.2) is 49.3 Å². The van der Waals surface area contributed by atoms with E-state index in [0.717, 1.165) is 18.7 Å². The van der Waals surface area contributed by atoms with Gasteiger partial charge in [-0.1, -0.05) is 0 Å². The summed E-state index contributed by atoms with van der Waals surface area (Å²) in [6.45, 7) is 0. The summed E-state index contributed by atoms with van der Waals surface area (Å²) in [6, 6.07) is 9.99. The van der Waals surface area contributed by atoms with E-state index in [-0.39, 0.29) is 16.8 Å². The Morgan fingerprint density at radius 3 is 2.23 bits per heavy atom. The van der Waals surface area contributed by atoms with Crippen molar-refractivity contribution < 1.29 is 27.5 Å². The number of nitrogens with one attached hydrogen (secondary N) is 1. The van der Waals surface area contributed by atoms with Gasteiger partial charge >= 0.3 is 11.9 Å². The van der Waals surface area contributed by atoms with E-state index in [0.29, 0.717) is 5.82 Å². The third kappa shape index (κ3) is 4.15. The summed E-state index contributed by atoms with van der Waals surface area (Å²) in [6.07, 6.45) is 1.55. The molecule has 156 valence electrons. The van der Waals surface area contributed by atoms with E-state index in [1.807, 2.05) is 0 Å². The Morgan fingerprint density at radius 1 is 1.00 bits per heavy atom. The zero-order chi connectivity index (χ0) is 21.9. The lowest BCUT2D eigenvalue weighted by molar-refractivity contribution is 0.0583. The van der Waals surface area contributed by atoms with Gasteiger partial charge in [0.15, 0.2) is 5.82 Å². The first kappa shape index (κ1) is 21.0. The highest BCUT2D eigenvalue weighted by Gasteiger charge is 2.25. The van der Waals surface area contributed by atoms with Gasteiger partial charge in [-0.05, 0) is 42.5 Å². The van der Waals surface area contributed by atoms with E-state index in [1.165, 1.54) is 19.2 Å². The lowest BCUT2D eigenvalue weighted by atomic mass is 10.1. The number of methoxy groups -OCH3 is 2. The molecule has 1 heterocycles. The van der Waals surface area contributed by atoms with E-state index in [1.54, 1.807) is 42.2 Å². The monoisotopic (exact) mass is 430 g/mol. The number of rotatable bonds is 6. The van der Waals surface area contributed by atoms with Gasteiger partial charge in [-0.25, -0.2) is 18.0 Å². The number of aryl methyl sites for hydroxylation is 1. The molecule has 0 bridgehead atoms.